The lowest BCUT2D eigenvalue weighted by molar-refractivity contribution is 0.134. The molecular weight excluding hydrogens is 238 g/mol. The Morgan fingerprint density at radius 1 is 1.05 bits per heavy atom. The van der Waals surface area contributed by atoms with Crippen molar-refractivity contribution in [3.63, 3.8) is 0 Å². The third-order valence-corrected chi connectivity index (χ3v) is 5.60. The molecule has 5 rings (SSSR count). The molecule has 3 heterocycles. The molecule has 19 heavy (non-hydrogen) atoms. The Balaban J connectivity index is 1.65. The zero-order valence-corrected chi connectivity index (χ0v) is 11.1. The minimum absolute atomic E-state index is 0.388. The van der Waals surface area contributed by atoms with E-state index in [1.54, 1.807) is 5.56 Å². The summed E-state index contributed by atoms with van der Waals surface area (Å²) in [4.78, 5) is 2.72. The van der Waals surface area contributed by atoms with E-state index >= 15 is 0 Å². The summed E-state index contributed by atoms with van der Waals surface area (Å²) in [5, 5.41) is 0. The number of nitrogens with zero attached hydrogens (tertiary/aromatic N) is 1. The van der Waals surface area contributed by atoms with Crippen molar-refractivity contribution in [1.29, 1.82) is 0 Å². The van der Waals surface area contributed by atoms with Gasteiger partial charge in [-0.05, 0) is 55.0 Å². The molecule has 3 heteroatoms. The van der Waals surface area contributed by atoms with Gasteiger partial charge in [-0.3, -0.25) is 4.90 Å². The Hall–Kier alpha value is -1.22. The SMILES string of the molecule is c1c2c(cc3c1OCO3)[C@@H]1CCC[C@H]3CCN(C2)[C@@H]31. The molecule has 1 saturated heterocycles. The van der Waals surface area contributed by atoms with E-state index in [1.807, 2.05) is 0 Å². The molecule has 2 fully saturated rings. The number of fused-ring (bicyclic) bond motifs is 3. The van der Waals surface area contributed by atoms with Crippen LogP contribution in [0.25, 0.3) is 0 Å². The largest absolute Gasteiger partial charge is 0.454 e. The average Bonchev–Trinajstić information content (AvgIpc) is 3.05. The van der Waals surface area contributed by atoms with Crippen LogP contribution in [0.15, 0.2) is 12.1 Å². The molecule has 100 valence electrons. The van der Waals surface area contributed by atoms with E-state index in [0.29, 0.717) is 6.79 Å². The van der Waals surface area contributed by atoms with E-state index in [1.165, 1.54) is 37.8 Å². The number of hydrogen-bond donors (Lipinski definition) is 0. The van der Waals surface area contributed by atoms with E-state index in [9.17, 15) is 0 Å². The summed E-state index contributed by atoms with van der Waals surface area (Å²) in [5.41, 5.74) is 3.03. The molecule has 1 aromatic rings. The van der Waals surface area contributed by atoms with Gasteiger partial charge in [-0.25, -0.2) is 0 Å². The van der Waals surface area contributed by atoms with Gasteiger partial charge in [-0.2, -0.15) is 0 Å². The van der Waals surface area contributed by atoms with Crippen LogP contribution in [0, 0.1) is 5.92 Å². The molecule has 0 unspecified atom stereocenters. The van der Waals surface area contributed by atoms with Crippen molar-refractivity contribution in [3.05, 3.63) is 23.3 Å². The van der Waals surface area contributed by atoms with Gasteiger partial charge in [0.25, 0.3) is 0 Å². The Bertz CT molecular complexity index is 542. The molecule has 1 saturated carbocycles. The summed E-state index contributed by atoms with van der Waals surface area (Å²) in [5.74, 6) is 3.59. The first-order valence-electron chi connectivity index (χ1n) is 7.56. The van der Waals surface area contributed by atoms with Gasteiger partial charge >= 0.3 is 0 Å². The number of rotatable bonds is 0. The van der Waals surface area contributed by atoms with Crippen molar-refractivity contribution >= 4 is 0 Å². The van der Waals surface area contributed by atoms with Crippen LogP contribution >= 0.6 is 0 Å². The highest BCUT2D eigenvalue weighted by Crippen LogP contribution is 2.51. The lowest BCUT2D eigenvalue weighted by Crippen LogP contribution is -2.43. The van der Waals surface area contributed by atoms with Crippen LogP contribution in [-0.2, 0) is 6.54 Å². The van der Waals surface area contributed by atoms with Gasteiger partial charge in [-0.15, -0.1) is 0 Å². The fourth-order valence-corrected chi connectivity index (χ4v) is 4.84. The first-order chi connectivity index (χ1) is 9.40. The molecular formula is C16H19NO2. The van der Waals surface area contributed by atoms with Crippen LogP contribution in [0.2, 0.25) is 0 Å². The second-order valence-corrected chi connectivity index (χ2v) is 6.45. The monoisotopic (exact) mass is 257 g/mol. The first kappa shape index (κ1) is 10.6. The molecule has 0 bridgehead atoms. The topological polar surface area (TPSA) is 21.7 Å². The van der Waals surface area contributed by atoms with Gasteiger partial charge < -0.3 is 9.47 Å². The maximum absolute atomic E-state index is 5.58. The maximum atomic E-state index is 5.58. The molecule has 1 aliphatic carbocycles. The molecule has 0 spiro atoms. The number of benzene rings is 1. The number of hydrogen-bond acceptors (Lipinski definition) is 3. The Kier molecular flexibility index (Phi) is 2.03. The Morgan fingerprint density at radius 2 is 1.95 bits per heavy atom. The smallest absolute Gasteiger partial charge is 0.231 e. The summed E-state index contributed by atoms with van der Waals surface area (Å²) in [6.45, 7) is 2.79. The van der Waals surface area contributed by atoms with Crippen LogP contribution < -0.4 is 9.47 Å². The van der Waals surface area contributed by atoms with E-state index in [2.05, 4.69) is 17.0 Å². The van der Waals surface area contributed by atoms with Crippen molar-refractivity contribution in [2.45, 2.75) is 44.2 Å². The molecule has 0 amide bonds. The highest BCUT2D eigenvalue weighted by molar-refractivity contribution is 5.51. The van der Waals surface area contributed by atoms with Crippen molar-refractivity contribution in [1.82, 2.24) is 4.90 Å². The molecule has 3 atom stereocenters. The molecule has 1 aromatic carbocycles. The highest BCUT2D eigenvalue weighted by Gasteiger charge is 2.45. The second-order valence-electron chi connectivity index (χ2n) is 6.45. The van der Waals surface area contributed by atoms with E-state index < -0.39 is 0 Å². The van der Waals surface area contributed by atoms with Crippen LogP contribution in [0.5, 0.6) is 11.5 Å². The van der Waals surface area contributed by atoms with Crippen molar-refractivity contribution in [2.75, 3.05) is 13.3 Å². The van der Waals surface area contributed by atoms with Crippen LogP contribution in [0.1, 0.15) is 42.7 Å². The van der Waals surface area contributed by atoms with Gasteiger partial charge in [0.15, 0.2) is 11.5 Å². The summed E-state index contributed by atoms with van der Waals surface area (Å²) in [6, 6.07) is 5.32. The summed E-state index contributed by atoms with van der Waals surface area (Å²) >= 11 is 0. The van der Waals surface area contributed by atoms with Crippen molar-refractivity contribution in [2.24, 2.45) is 5.92 Å². The van der Waals surface area contributed by atoms with Gasteiger partial charge in [0, 0.05) is 18.5 Å². The zero-order chi connectivity index (χ0) is 12.4. The fraction of sp³-hybridized carbons (Fsp3) is 0.625. The van der Waals surface area contributed by atoms with Crippen molar-refractivity contribution in [3.8, 4) is 11.5 Å². The van der Waals surface area contributed by atoms with E-state index in [0.717, 1.165) is 35.9 Å². The molecule has 0 N–H and O–H groups in total. The van der Waals surface area contributed by atoms with E-state index in [-0.39, 0.29) is 0 Å². The Morgan fingerprint density at radius 3 is 2.89 bits per heavy atom. The van der Waals surface area contributed by atoms with Crippen LogP contribution in [0.4, 0.5) is 0 Å². The molecule has 0 aromatic heterocycles. The van der Waals surface area contributed by atoms with Gasteiger partial charge in [0.05, 0.1) is 0 Å². The van der Waals surface area contributed by atoms with Gasteiger partial charge in [-0.1, -0.05) is 6.42 Å². The van der Waals surface area contributed by atoms with Crippen LogP contribution in [-0.4, -0.2) is 24.3 Å². The lowest BCUT2D eigenvalue weighted by Gasteiger charge is -2.43. The van der Waals surface area contributed by atoms with Crippen LogP contribution in [0.3, 0.4) is 0 Å². The zero-order valence-electron chi connectivity index (χ0n) is 11.1. The van der Waals surface area contributed by atoms with Crippen molar-refractivity contribution < 1.29 is 9.47 Å². The third kappa shape index (κ3) is 1.37. The quantitative estimate of drug-likeness (QED) is 0.713. The minimum Gasteiger partial charge on any atom is -0.454 e. The Labute approximate surface area is 113 Å². The predicted molar refractivity (Wildman–Crippen MR) is 71.5 cm³/mol. The predicted octanol–water partition coefficient (Wildman–Crippen LogP) is 2.89. The number of ether oxygens (including phenoxy) is 2. The molecule has 3 aliphatic heterocycles. The average molecular weight is 257 g/mol. The summed E-state index contributed by atoms with van der Waals surface area (Å²) < 4.78 is 11.1. The van der Waals surface area contributed by atoms with Gasteiger partial charge in [0.2, 0.25) is 6.79 Å². The third-order valence-electron chi connectivity index (χ3n) is 5.60. The van der Waals surface area contributed by atoms with E-state index in [4.69, 9.17) is 9.47 Å². The maximum Gasteiger partial charge on any atom is 0.231 e. The first-order valence-corrected chi connectivity index (χ1v) is 7.56. The summed E-state index contributed by atoms with van der Waals surface area (Å²) in [7, 11) is 0. The minimum atomic E-state index is 0.388. The fourth-order valence-electron chi connectivity index (χ4n) is 4.84. The lowest BCUT2D eigenvalue weighted by atomic mass is 9.71. The normalized spacial score (nSPS) is 35.1. The van der Waals surface area contributed by atoms with Gasteiger partial charge in [0.1, 0.15) is 0 Å². The molecule has 4 aliphatic rings. The standard InChI is InChI=1S/C16H19NO2/c1-2-10-4-5-17-8-11-6-14-15(19-9-18-14)7-13(11)12(3-1)16(10)17/h6-7,10,12,16H,1-5,8-9H2/t10-,12-,16-/m0/s1. The summed E-state index contributed by atoms with van der Waals surface area (Å²) in [6.07, 6.45) is 5.59. The highest BCUT2D eigenvalue weighted by atomic mass is 16.7. The molecule has 3 nitrogen and oxygen atoms in total. The second kappa shape index (κ2) is 3.66. The molecule has 0 radical (unpaired) electrons.